The third kappa shape index (κ3) is 3.28. The highest BCUT2D eigenvalue weighted by atomic mass is 19.1. The lowest BCUT2D eigenvalue weighted by Crippen LogP contribution is -2.03. The first-order valence-electron chi connectivity index (χ1n) is 5.78. The highest BCUT2D eigenvalue weighted by Crippen LogP contribution is 2.15. The standard InChI is InChI=1S/C14H15FN2O/c15-14-11(4-3-6-13(14)16)10-18-9-7-12-5-1-2-8-17-12/h1-6,8H,7,9-10,16H2. The maximum Gasteiger partial charge on any atom is 0.151 e. The fourth-order valence-electron chi connectivity index (χ4n) is 1.62. The van der Waals surface area contributed by atoms with Crippen molar-refractivity contribution in [2.45, 2.75) is 13.0 Å². The molecule has 1 aromatic carbocycles. The molecule has 0 fully saturated rings. The minimum absolute atomic E-state index is 0.154. The number of anilines is 1. The van der Waals surface area contributed by atoms with Crippen molar-refractivity contribution in [1.82, 2.24) is 4.98 Å². The zero-order valence-electron chi connectivity index (χ0n) is 9.97. The van der Waals surface area contributed by atoms with E-state index in [4.69, 9.17) is 10.5 Å². The van der Waals surface area contributed by atoms with Gasteiger partial charge in [0.1, 0.15) is 0 Å². The first-order valence-corrected chi connectivity index (χ1v) is 5.78. The molecule has 0 unspecified atom stereocenters. The van der Waals surface area contributed by atoms with E-state index >= 15 is 0 Å². The molecule has 1 aromatic heterocycles. The third-order valence-corrected chi connectivity index (χ3v) is 2.59. The number of hydrogen-bond donors (Lipinski definition) is 1. The molecule has 2 rings (SSSR count). The van der Waals surface area contributed by atoms with Crippen LogP contribution in [0.3, 0.4) is 0 Å². The first kappa shape index (κ1) is 12.5. The summed E-state index contributed by atoms with van der Waals surface area (Å²) in [6.45, 7) is 0.731. The molecule has 4 heteroatoms. The van der Waals surface area contributed by atoms with E-state index in [0.29, 0.717) is 18.6 Å². The average molecular weight is 246 g/mol. The number of hydrogen-bond acceptors (Lipinski definition) is 3. The van der Waals surface area contributed by atoms with Crippen LogP contribution in [0, 0.1) is 5.82 Å². The summed E-state index contributed by atoms with van der Waals surface area (Å²) in [5.41, 5.74) is 7.07. The number of halogens is 1. The van der Waals surface area contributed by atoms with E-state index in [1.807, 2.05) is 18.2 Å². The molecule has 2 N–H and O–H groups in total. The van der Waals surface area contributed by atoms with Crippen molar-refractivity contribution in [2.75, 3.05) is 12.3 Å². The summed E-state index contributed by atoms with van der Waals surface area (Å²) in [5, 5.41) is 0. The highest BCUT2D eigenvalue weighted by Gasteiger charge is 2.05. The second-order valence-corrected chi connectivity index (χ2v) is 3.94. The molecule has 18 heavy (non-hydrogen) atoms. The number of nitrogens with zero attached hydrogens (tertiary/aromatic N) is 1. The van der Waals surface area contributed by atoms with Gasteiger partial charge in [-0.05, 0) is 18.2 Å². The molecule has 0 radical (unpaired) electrons. The van der Waals surface area contributed by atoms with E-state index in [1.165, 1.54) is 6.07 Å². The SMILES string of the molecule is Nc1cccc(COCCc2ccccn2)c1F. The molecule has 3 nitrogen and oxygen atoms in total. The van der Waals surface area contributed by atoms with Gasteiger partial charge in [0, 0.05) is 23.9 Å². The molecule has 94 valence electrons. The molecular formula is C14H15FN2O. The zero-order chi connectivity index (χ0) is 12.8. The molecule has 1 heterocycles. The molecule has 0 amide bonds. The van der Waals surface area contributed by atoms with E-state index in [9.17, 15) is 4.39 Å². The van der Waals surface area contributed by atoms with Crippen LogP contribution in [0.1, 0.15) is 11.3 Å². The Morgan fingerprint density at radius 3 is 2.83 bits per heavy atom. The summed E-state index contributed by atoms with van der Waals surface area (Å²) in [6, 6.07) is 10.7. The van der Waals surface area contributed by atoms with Gasteiger partial charge in [-0.25, -0.2) is 4.39 Å². The molecule has 0 aliphatic carbocycles. The van der Waals surface area contributed by atoms with E-state index in [0.717, 1.165) is 5.69 Å². The number of aromatic nitrogens is 1. The topological polar surface area (TPSA) is 48.1 Å². The highest BCUT2D eigenvalue weighted by molar-refractivity contribution is 5.42. The summed E-state index contributed by atoms with van der Waals surface area (Å²) in [6.07, 6.45) is 2.46. The van der Waals surface area contributed by atoms with E-state index < -0.39 is 5.82 Å². The van der Waals surface area contributed by atoms with Gasteiger partial charge in [0.15, 0.2) is 5.82 Å². The molecule has 0 saturated heterocycles. The van der Waals surface area contributed by atoms with Crippen LogP contribution < -0.4 is 5.73 Å². The van der Waals surface area contributed by atoms with Crippen LogP contribution in [0.25, 0.3) is 0 Å². The van der Waals surface area contributed by atoms with E-state index in [-0.39, 0.29) is 12.3 Å². The number of rotatable bonds is 5. The van der Waals surface area contributed by atoms with Crippen molar-refractivity contribution in [3.63, 3.8) is 0 Å². The van der Waals surface area contributed by atoms with E-state index in [1.54, 1.807) is 18.3 Å². The van der Waals surface area contributed by atoms with Gasteiger partial charge >= 0.3 is 0 Å². The second kappa shape index (κ2) is 6.12. The van der Waals surface area contributed by atoms with Gasteiger partial charge in [0.2, 0.25) is 0 Å². The monoisotopic (exact) mass is 246 g/mol. The lowest BCUT2D eigenvalue weighted by molar-refractivity contribution is 0.121. The van der Waals surface area contributed by atoms with Gasteiger partial charge in [0.25, 0.3) is 0 Å². The molecule has 0 saturated carbocycles. The van der Waals surface area contributed by atoms with Crippen molar-refractivity contribution < 1.29 is 9.13 Å². The smallest absolute Gasteiger partial charge is 0.151 e. The minimum Gasteiger partial charge on any atom is -0.396 e. The summed E-state index contributed by atoms with van der Waals surface area (Å²) in [4.78, 5) is 4.18. The number of nitrogen functional groups attached to an aromatic ring is 1. The molecule has 2 aromatic rings. The average Bonchev–Trinajstić information content (AvgIpc) is 2.40. The Kier molecular flexibility index (Phi) is 4.25. The lowest BCUT2D eigenvalue weighted by atomic mass is 10.2. The first-order chi connectivity index (χ1) is 8.77. The van der Waals surface area contributed by atoms with E-state index in [2.05, 4.69) is 4.98 Å². The maximum absolute atomic E-state index is 13.5. The minimum atomic E-state index is -0.393. The Morgan fingerprint density at radius 2 is 2.06 bits per heavy atom. The normalized spacial score (nSPS) is 10.5. The number of benzene rings is 1. The van der Waals surface area contributed by atoms with Crippen LogP contribution >= 0.6 is 0 Å². The summed E-state index contributed by atoms with van der Waals surface area (Å²) in [7, 11) is 0. The molecule has 0 spiro atoms. The third-order valence-electron chi connectivity index (χ3n) is 2.59. The van der Waals surface area contributed by atoms with Crippen LogP contribution in [-0.4, -0.2) is 11.6 Å². The van der Waals surface area contributed by atoms with Gasteiger partial charge in [-0.1, -0.05) is 18.2 Å². The Morgan fingerprint density at radius 1 is 1.17 bits per heavy atom. The Hall–Kier alpha value is -1.94. The predicted molar refractivity (Wildman–Crippen MR) is 68.4 cm³/mol. The fraction of sp³-hybridized carbons (Fsp3) is 0.214. The number of pyridine rings is 1. The summed E-state index contributed by atoms with van der Waals surface area (Å²) >= 11 is 0. The van der Waals surface area contributed by atoms with Gasteiger partial charge in [-0.3, -0.25) is 4.98 Å². The molecule has 0 aliphatic rings. The van der Waals surface area contributed by atoms with Crippen molar-refractivity contribution in [1.29, 1.82) is 0 Å². The van der Waals surface area contributed by atoms with Crippen molar-refractivity contribution >= 4 is 5.69 Å². The van der Waals surface area contributed by atoms with Gasteiger partial charge in [-0.2, -0.15) is 0 Å². The molecule has 0 bridgehead atoms. The molecule has 0 atom stereocenters. The van der Waals surface area contributed by atoms with Crippen LogP contribution in [0.5, 0.6) is 0 Å². The molecular weight excluding hydrogens is 231 g/mol. The maximum atomic E-state index is 13.5. The number of nitrogens with two attached hydrogens (primary N) is 1. The number of ether oxygens (including phenoxy) is 1. The van der Waals surface area contributed by atoms with Gasteiger partial charge in [-0.15, -0.1) is 0 Å². The summed E-state index contributed by atoms with van der Waals surface area (Å²) in [5.74, 6) is -0.393. The van der Waals surface area contributed by atoms with Crippen LogP contribution in [0.2, 0.25) is 0 Å². The molecule has 0 aliphatic heterocycles. The largest absolute Gasteiger partial charge is 0.396 e. The van der Waals surface area contributed by atoms with Crippen molar-refractivity contribution in [2.24, 2.45) is 0 Å². The van der Waals surface area contributed by atoms with Crippen molar-refractivity contribution in [3.8, 4) is 0 Å². The van der Waals surface area contributed by atoms with Crippen LogP contribution in [-0.2, 0) is 17.8 Å². The predicted octanol–water partition coefficient (Wildman–Crippen LogP) is 2.56. The van der Waals surface area contributed by atoms with Crippen LogP contribution in [0.4, 0.5) is 10.1 Å². The van der Waals surface area contributed by atoms with Gasteiger partial charge < -0.3 is 10.5 Å². The quantitative estimate of drug-likeness (QED) is 0.651. The zero-order valence-corrected chi connectivity index (χ0v) is 9.97. The summed E-state index contributed by atoms with van der Waals surface area (Å²) < 4.78 is 19.0. The Bertz CT molecular complexity index is 502. The Labute approximate surface area is 105 Å². The van der Waals surface area contributed by atoms with Gasteiger partial charge in [0.05, 0.1) is 18.9 Å². The second-order valence-electron chi connectivity index (χ2n) is 3.94. The Balaban J connectivity index is 1.81. The fourth-order valence-corrected chi connectivity index (χ4v) is 1.62. The van der Waals surface area contributed by atoms with Crippen LogP contribution in [0.15, 0.2) is 42.6 Å². The lowest BCUT2D eigenvalue weighted by Gasteiger charge is -2.06. The van der Waals surface area contributed by atoms with Crippen molar-refractivity contribution in [3.05, 3.63) is 59.7 Å².